The molecule has 8 heavy (non-hydrogen) atoms. The van der Waals surface area contributed by atoms with Crippen molar-refractivity contribution < 1.29 is 8.58 Å². The van der Waals surface area contributed by atoms with Gasteiger partial charge in [-0.3, -0.25) is 0 Å². The van der Waals surface area contributed by atoms with Gasteiger partial charge in [0, 0.05) is 6.54 Å². The van der Waals surface area contributed by atoms with E-state index in [0.29, 0.717) is 17.0 Å². The highest BCUT2D eigenvalue weighted by molar-refractivity contribution is 6.37. The molecule has 0 aliphatic heterocycles. The Bertz CT molecular complexity index is 95.3. The molecule has 0 heterocycles. The van der Waals surface area contributed by atoms with Crippen LogP contribution in [0.3, 0.4) is 0 Å². The zero-order valence-corrected chi connectivity index (χ0v) is 7.81. The molecule has 0 fully saturated rings. The van der Waals surface area contributed by atoms with E-state index in [-0.39, 0.29) is 0 Å². The van der Waals surface area contributed by atoms with Gasteiger partial charge in [0.05, 0.1) is 0 Å². The fraction of sp³-hybridized carbons (Fsp3) is 0.333. The zero-order chi connectivity index (χ0) is 6.41. The molecule has 0 amide bonds. The molecule has 0 aromatic rings. The maximum atomic E-state index is 10.4. The van der Waals surface area contributed by atoms with Crippen LogP contribution in [0.1, 0.15) is 0 Å². The monoisotopic (exact) mass is 147 g/mol. The average Bonchev–Trinajstić information content (AvgIpc) is 1.83. The molecule has 0 saturated carbocycles. The summed E-state index contributed by atoms with van der Waals surface area (Å²) in [5.74, 6) is 0. The molecule has 0 bridgehead atoms. The van der Waals surface area contributed by atoms with Gasteiger partial charge in [0.25, 0.3) is 0 Å². The number of nitrogens with one attached hydrogen (secondary N) is 1. The summed E-state index contributed by atoms with van der Waals surface area (Å²) >= 11 is 0. The zero-order valence-electron chi connectivity index (χ0n) is 4.81. The van der Waals surface area contributed by atoms with Crippen LogP contribution in [0.4, 0.5) is 0 Å². The lowest BCUT2D eigenvalue weighted by atomic mass is 10.7. The minimum atomic E-state index is -1.90. The molecule has 0 radical (unpaired) electrons. The van der Waals surface area contributed by atoms with Gasteiger partial charge in [-0.1, -0.05) is 6.08 Å². The van der Waals surface area contributed by atoms with E-state index in [4.69, 9.17) is 0 Å². The first-order chi connectivity index (χ1) is 3.81. The first kappa shape index (κ1) is 7.57. The molecule has 0 spiro atoms. The van der Waals surface area contributed by atoms with Gasteiger partial charge in [-0.05, 0) is 0 Å². The summed E-state index contributed by atoms with van der Waals surface area (Å²) in [6, 6.07) is 0. The van der Waals surface area contributed by atoms with Gasteiger partial charge < -0.3 is 13.6 Å². The van der Waals surface area contributed by atoms with E-state index >= 15 is 0 Å². The van der Waals surface area contributed by atoms with Crippen molar-refractivity contribution in [1.82, 2.24) is 4.98 Å². The highest BCUT2D eigenvalue weighted by Crippen LogP contribution is 1.61. The Hall–Kier alpha value is -0.426. The Kier molecular flexibility index (Phi) is 4.47. The van der Waals surface area contributed by atoms with Crippen molar-refractivity contribution >= 4 is 19.6 Å². The van der Waals surface area contributed by atoms with Crippen LogP contribution in [0.2, 0.25) is 0 Å². The van der Waals surface area contributed by atoms with Crippen LogP contribution in [0.15, 0.2) is 12.7 Å². The molecule has 0 rings (SSSR count). The number of hydrogen-bond donors (Lipinski definition) is 1. The first-order valence-electron chi connectivity index (χ1n) is 2.24. The molecule has 0 aromatic carbocycles. The van der Waals surface area contributed by atoms with E-state index in [1.54, 1.807) is 6.08 Å². The molecular weight excluding hydrogens is 138 g/mol. The van der Waals surface area contributed by atoms with Crippen molar-refractivity contribution in [3.63, 3.8) is 0 Å². The highest BCUT2D eigenvalue weighted by atomic mass is 28.3. The third-order valence-corrected chi connectivity index (χ3v) is 2.55. The van der Waals surface area contributed by atoms with Gasteiger partial charge in [-0.15, -0.1) is 6.58 Å². The van der Waals surface area contributed by atoms with Crippen molar-refractivity contribution in [2.24, 2.45) is 0 Å². The van der Waals surface area contributed by atoms with E-state index in [1.807, 2.05) is 0 Å². The lowest BCUT2D eigenvalue weighted by Crippen LogP contribution is -2.27. The quantitative estimate of drug-likeness (QED) is 0.387. The second-order valence-electron chi connectivity index (χ2n) is 1.16. The molecule has 0 aromatic heterocycles. The second kappa shape index (κ2) is 4.73. The highest BCUT2D eigenvalue weighted by Gasteiger charge is 1.97. The predicted octanol–water partition coefficient (Wildman–Crippen LogP) is -1.53. The van der Waals surface area contributed by atoms with Crippen molar-refractivity contribution in [1.29, 1.82) is 0 Å². The van der Waals surface area contributed by atoms with Gasteiger partial charge in [0.1, 0.15) is 0 Å². The number of hydrogen-bond acceptors (Lipinski definition) is 2. The minimum Gasteiger partial charge on any atom is -0.573 e. The third kappa shape index (κ3) is 3.75. The van der Waals surface area contributed by atoms with E-state index < -0.39 is 9.09 Å². The normalized spacial score (nSPS) is 8.00. The van der Waals surface area contributed by atoms with Gasteiger partial charge in [0.15, 0.2) is 10.5 Å². The summed E-state index contributed by atoms with van der Waals surface area (Å²) in [6.07, 6.45) is 1.64. The molecule has 0 aliphatic rings. The lowest BCUT2D eigenvalue weighted by Gasteiger charge is -1.95. The lowest BCUT2D eigenvalue weighted by molar-refractivity contribution is 0.459. The van der Waals surface area contributed by atoms with Crippen LogP contribution >= 0.6 is 0 Å². The second-order valence-corrected chi connectivity index (χ2v) is 3.72. The molecular formula is C3H9NO2Si2. The fourth-order valence-corrected chi connectivity index (χ4v) is 1.12. The van der Waals surface area contributed by atoms with Gasteiger partial charge in [-0.2, -0.15) is 0 Å². The molecule has 0 saturated heterocycles. The molecule has 0 atom stereocenters. The van der Waals surface area contributed by atoms with Crippen LogP contribution in [0.25, 0.3) is 0 Å². The summed E-state index contributed by atoms with van der Waals surface area (Å²) in [5, 5.41) is 0. The van der Waals surface area contributed by atoms with Crippen LogP contribution in [0, 0.1) is 0 Å². The van der Waals surface area contributed by atoms with Crippen molar-refractivity contribution in [3.05, 3.63) is 12.7 Å². The van der Waals surface area contributed by atoms with Gasteiger partial charge in [0.2, 0.25) is 0 Å². The summed E-state index contributed by atoms with van der Waals surface area (Å²) in [5.41, 5.74) is 0. The molecule has 46 valence electrons. The Labute approximate surface area is 53.1 Å². The van der Waals surface area contributed by atoms with Crippen LogP contribution in [-0.2, 0) is 8.58 Å². The SMILES string of the molecule is C=CCN[Si](=O)O[SiH3]. The molecule has 0 unspecified atom stereocenters. The molecule has 0 aliphatic carbocycles. The standard InChI is InChI=1S/C3H9NO2Si2/c1-2-3-4-8(5)6-7/h2,4H,1,3H2,7H3. The Morgan fingerprint density at radius 1 is 2.00 bits per heavy atom. The summed E-state index contributed by atoms with van der Waals surface area (Å²) in [6.45, 7) is 3.99. The first-order valence-corrected chi connectivity index (χ1v) is 4.37. The smallest absolute Gasteiger partial charge is 0.573 e. The van der Waals surface area contributed by atoms with Crippen molar-refractivity contribution in [3.8, 4) is 0 Å². The van der Waals surface area contributed by atoms with Crippen LogP contribution in [0.5, 0.6) is 0 Å². The van der Waals surface area contributed by atoms with Gasteiger partial charge in [-0.25, -0.2) is 0 Å². The van der Waals surface area contributed by atoms with Crippen LogP contribution in [-0.4, -0.2) is 26.1 Å². The van der Waals surface area contributed by atoms with Crippen molar-refractivity contribution in [2.75, 3.05) is 6.54 Å². The largest absolute Gasteiger partial charge is 0.620 e. The average molecular weight is 147 g/mol. The van der Waals surface area contributed by atoms with E-state index in [1.165, 1.54) is 0 Å². The molecule has 1 N–H and O–H groups in total. The molecule has 5 heteroatoms. The Balaban J connectivity index is 3.11. The predicted molar refractivity (Wildman–Crippen MR) is 35.7 cm³/mol. The summed E-state index contributed by atoms with van der Waals surface area (Å²) < 4.78 is 15.0. The fourth-order valence-electron chi connectivity index (χ4n) is 0.228. The van der Waals surface area contributed by atoms with E-state index in [2.05, 4.69) is 15.7 Å². The number of rotatable bonds is 4. The third-order valence-electron chi connectivity index (χ3n) is 0.576. The summed E-state index contributed by atoms with van der Waals surface area (Å²) in [7, 11) is -1.38. The maximum absolute atomic E-state index is 10.4. The van der Waals surface area contributed by atoms with Gasteiger partial charge >= 0.3 is 9.09 Å². The Morgan fingerprint density at radius 2 is 2.62 bits per heavy atom. The topological polar surface area (TPSA) is 38.3 Å². The van der Waals surface area contributed by atoms with E-state index in [9.17, 15) is 4.46 Å². The minimum absolute atomic E-state index is 0.526. The van der Waals surface area contributed by atoms with Crippen molar-refractivity contribution in [2.45, 2.75) is 0 Å². The maximum Gasteiger partial charge on any atom is 0.620 e. The Morgan fingerprint density at radius 3 is 3.00 bits per heavy atom. The molecule has 3 nitrogen and oxygen atoms in total. The summed E-state index contributed by atoms with van der Waals surface area (Å²) in [4.78, 5) is 2.62. The van der Waals surface area contributed by atoms with E-state index in [0.717, 1.165) is 0 Å². The van der Waals surface area contributed by atoms with Crippen LogP contribution < -0.4 is 4.98 Å².